The minimum atomic E-state index is -0.372. The van der Waals surface area contributed by atoms with E-state index < -0.39 is 0 Å². The van der Waals surface area contributed by atoms with E-state index in [0.717, 1.165) is 25.7 Å². The van der Waals surface area contributed by atoms with E-state index in [9.17, 15) is 9.59 Å². The molecule has 0 aromatic rings. The molecular weight excluding hydrogens is 284 g/mol. The molecule has 0 saturated carbocycles. The smallest absolute Gasteiger partial charge is 0.220 e. The van der Waals surface area contributed by atoms with Gasteiger partial charge in [-0.05, 0) is 19.3 Å². The summed E-state index contributed by atoms with van der Waals surface area (Å²) in [6.45, 7) is 6.48. The number of rotatable bonds is 15. The van der Waals surface area contributed by atoms with Gasteiger partial charge in [0.15, 0.2) is 1.41 Å². The molecule has 1 unspecified atom stereocenters. The topological polar surface area (TPSA) is 90.7 Å². The third-order valence-electron chi connectivity index (χ3n) is 3.13. The Morgan fingerprint density at radius 2 is 1.86 bits per heavy atom. The van der Waals surface area contributed by atoms with Gasteiger partial charge < -0.3 is 20.5 Å². The highest BCUT2D eigenvalue weighted by molar-refractivity contribution is 5.77. The number of carbonyl (C=O) groups excluding carboxylic acids is 2. The summed E-state index contributed by atoms with van der Waals surface area (Å²) >= 11 is 0. The van der Waals surface area contributed by atoms with Crippen LogP contribution in [0.3, 0.4) is 0 Å². The lowest BCUT2D eigenvalue weighted by atomic mass is 10.2. The molecule has 22 heavy (non-hydrogen) atoms. The van der Waals surface area contributed by atoms with Crippen LogP contribution in [0.2, 0.25) is 1.41 Å². The SMILES string of the molecule is [3H]NC(=O)CCCC(=O)NCC(COCCCC)OCCCC. The van der Waals surface area contributed by atoms with E-state index in [1.807, 2.05) is 0 Å². The molecule has 130 valence electrons. The van der Waals surface area contributed by atoms with Crippen LogP contribution >= 0.6 is 0 Å². The van der Waals surface area contributed by atoms with Gasteiger partial charge in [0.1, 0.15) is 0 Å². The second kappa shape index (κ2) is 14.8. The van der Waals surface area contributed by atoms with Crippen molar-refractivity contribution in [1.29, 1.82) is 0 Å². The molecule has 0 aliphatic heterocycles. The largest absolute Gasteiger partial charge is 0.379 e. The Kier molecular flexibility index (Phi) is 12.7. The van der Waals surface area contributed by atoms with Gasteiger partial charge in [0.2, 0.25) is 11.8 Å². The average molecular weight is 318 g/mol. The van der Waals surface area contributed by atoms with Crippen LogP contribution in [0.4, 0.5) is 0 Å². The fourth-order valence-electron chi connectivity index (χ4n) is 1.75. The van der Waals surface area contributed by atoms with Crippen LogP contribution in [-0.4, -0.2) is 44.3 Å². The molecule has 0 rings (SSSR count). The maximum Gasteiger partial charge on any atom is 0.220 e. The maximum absolute atomic E-state index is 11.7. The molecule has 0 fully saturated rings. The lowest BCUT2D eigenvalue weighted by Gasteiger charge is -2.18. The Morgan fingerprint density at radius 1 is 1.14 bits per heavy atom. The van der Waals surface area contributed by atoms with Crippen molar-refractivity contribution in [2.45, 2.75) is 64.9 Å². The number of hydrogen-bond acceptors (Lipinski definition) is 4. The van der Waals surface area contributed by atoms with Crippen molar-refractivity contribution in [2.24, 2.45) is 5.73 Å². The number of primary amides is 1. The molecule has 0 aromatic carbocycles. The third kappa shape index (κ3) is 13.8. The molecular formula is C16H32N2O4. The van der Waals surface area contributed by atoms with Crippen LogP contribution in [0.15, 0.2) is 0 Å². The van der Waals surface area contributed by atoms with Gasteiger partial charge in [-0.3, -0.25) is 9.59 Å². The Hall–Kier alpha value is -1.14. The van der Waals surface area contributed by atoms with Crippen molar-refractivity contribution in [3.05, 3.63) is 0 Å². The summed E-state index contributed by atoms with van der Waals surface area (Å²) in [7, 11) is 0. The zero-order valence-corrected chi connectivity index (χ0v) is 14.0. The molecule has 3 N–H and O–H groups in total. The molecule has 0 aliphatic carbocycles. The molecule has 0 radical (unpaired) electrons. The van der Waals surface area contributed by atoms with Crippen LogP contribution in [-0.2, 0) is 19.1 Å². The molecule has 0 bridgehead atoms. The number of amides is 2. The van der Waals surface area contributed by atoms with Gasteiger partial charge in [-0.1, -0.05) is 26.7 Å². The van der Waals surface area contributed by atoms with E-state index in [0.29, 0.717) is 32.8 Å². The lowest BCUT2D eigenvalue weighted by Crippen LogP contribution is -2.36. The number of hydrogen-bond donors (Lipinski definition) is 2. The molecule has 0 saturated heterocycles. The molecule has 0 aliphatic rings. The van der Waals surface area contributed by atoms with Crippen LogP contribution in [0.5, 0.6) is 0 Å². The standard InChI is InChI=1S/C16H32N2O4/c1-3-5-10-21-13-14(22-11-6-4-2)12-18-16(20)9-7-8-15(17)19/h14H,3-13H2,1-2H3,(H2,17,19)(H,18,20)/i/hT. The van der Waals surface area contributed by atoms with Gasteiger partial charge in [-0.25, -0.2) is 0 Å². The zero-order chi connectivity index (χ0) is 17.3. The van der Waals surface area contributed by atoms with Gasteiger partial charge in [0, 0.05) is 32.6 Å². The van der Waals surface area contributed by atoms with Crippen LogP contribution < -0.4 is 11.0 Å². The summed E-state index contributed by atoms with van der Waals surface area (Å²) in [6, 6.07) is 0. The minimum absolute atomic E-state index is 0.111. The highest BCUT2D eigenvalue weighted by atomic mass is 16.5. The third-order valence-corrected chi connectivity index (χ3v) is 3.13. The first kappa shape index (κ1) is 18.9. The van der Waals surface area contributed by atoms with Crippen molar-refractivity contribution in [3.63, 3.8) is 0 Å². The Morgan fingerprint density at radius 3 is 2.55 bits per heavy atom. The summed E-state index contributed by atoms with van der Waals surface area (Å²) in [5.41, 5.74) is 1.79. The Labute approximate surface area is 135 Å². The molecule has 0 spiro atoms. The predicted molar refractivity (Wildman–Crippen MR) is 86.4 cm³/mol. The van der Waals surface area contributed by atoms with E-state index in [1.165, 1.54) is 0 Å². The molecule has 6 nitrogen and oxygen atoms in total. The number of nitrogens with two attached hydrogens (primary N) is 1. The Balaban J connectivity index is 3.94. The zero-order valence-electron chi connectivity index (χ0n) is 15.0. The second-order valence-corrected chi connectivity index (χ2v) is 5.36. The highest BCUT2D eigenvalue weighted by Gasteiger charge is 2.11. The normalized spacial score (nSPS) is 12.5. The van der Waals surface area contributed by atoms with E-state index in [4.69, 9.17) is 10.9 Å². The first-order valence-electron chi connectivity index (χ1n) is 8.80. The molecule has 6 heteroatoms. The van der Waals surface area contributed by atoms with E-state index in [-0.39, 0.29) is 30.8 Å². The maximum atomic E-state index is 11.7. The van der Waals surface area contributed by atoms with E-state index >= 15 is 0 Å². The van der Waals surface area contributed by atoms with E-state index in [1.54, 1.807) is 5.73 Å². The van der Waals surface area contributed by atoms with Gasteiger partial charge in [-0.2, -0.15) is 0 Å². The van der Waals surface area contributed by atoms with Crippen LogP contribution in [0, 0.1) is 0 Å². The molecule has 0 heterocycles. The second-order valence-electron chi connectivity index (χ2n) is 5.36. The summed E-state index contributed by atoms with van der Waals surface area (Å²) < 4.78 is 18.0. The van der Waals surface area contributed by atoms with Crippen molar-refractivity contribution < 1.29 is 20.5 Å². The Bertz CT molecular complexity index is 316. The first-order chi connectivity index (χ1) is 11.1. The molecule has 0 aromatic heterocycles. The van der Waals surface area contributed by atoms with Crippen molar-refractivity contribution in [3.8, 4) is 0 Å². The fourth-order valence-corrected chi connectivity index (χ4v) is 1.75. The van der Waals surface area contributed by atoms with Gasteiger partial charge in [0.05, 0.1) is 12.7 Å². The monoisotopic (exact) mass is 318 g/mol. The number of carbonyl (C=O) groups is 2. The quantitative estimate of drug-likeness (QED) is 0.450. The van der Waals surface area contributed by atoms with Gasteiger partial charge in [0.25, 0.3) is 0 Å². The van der Waals surface area contributed by atoms with Crippen molar-refractivity contribution in [1.82, 2.24) is 5.32 Å². The predicted octanol–water partition coefficient (Wildman–Crippen LogP) is 1.76. The van der Waals surface area contributed by atoms with Crippen LogP contribution in [0.25, 0.3) is 0 Å². The summed E-state index contributed by atoms with van der Waals surface area (Å²) in [5, 5.41) is 2.82. The lowest BCUT2D eigenvalue weighted by molar-refractivity contribution is -0.122. The summed E-state index contributed by atoms with van der Waals surface area (Å²) in [6.07, 6.45) is 4.91. The van der Waals surface area contributed by atoms with Gasteiger partial charge in [-0.15, -0.1) is 0 Å². The number of unbranched alkanes of at least 4 members (excludes halogenated alkanes) is 2. The van der Waals surface area contributed by atoms with Crippen LogP contribution in [0.1, 0.15) is 58.8 Å². The van der Waals surface area contributed by atoms with Crippen molar-refractivity contribution in [2.75, 3.05) is 26.4 Å². The first-order valence-corrected chi connectivity index (χ1v) is 8.30. The van der Waals surface area contributed by atoms with Gasteiger partial charge >= 0.3 is 0 Å². The minimum Gasteiger partial charge on any atom is -0.379 e. The molecule has 2 amide bonds. The average Bonchev–Trinajstić information content (AvgIpc) is 2.55. The van der Waals surface area contributed by atoms with E-state index in [2.05, 4.69) is 19.2 Å². The van der Waals surface area contributed by atoms with Crippen molar-refractivity contribution >= 4 is 11.8 Å². The summed E-state index contributed by atoms with van der Waals surface area (Å²) in [5.74, 6) is -0.483. The number of ether oxygens (including phenoxy) is 2. The summed E-state index contributed by atoms with van der Waals surface area (Å²) in [4.78, 5) is 22.6. The highest BCUT2D eigenvalue weighted by Crippen LogP contribution is 1.99. The number of nitrogens with one attached hydrogen (secondary N) is 1. The fraction of sp³-hybridized carbons (Fsp3) is 0.875. The molecule has 1 atom stereocenters.